The Balaban J connectivity index is 0.00000304. The molecule has 0 amide bonds. The van der Waals surface area contributed by atoms with E-state index in [0.29, 0.717) is 40.5 Å². The number of hydrogen-bond acceptors (Lipinski definition) is 8. The summed E-state index contributed by atoms with van der Waals surface area (Å²) in [5, 5.41) is 3.84. The van der Waals surface area contributed by atoms with Gasteiger partial charge >= 0.3 is 0 Å². The average molecular weight is 522 g/mol. The second kappa shape index (κ2) is 10.2. The van der Waals surface area contributed by atoms with Gasteiger partial charge in [0.1, 0.15) is 11.5 Å². The van der Waals surface area contributed by atoms with Gasteiger partial charge in [-0.2, -0.15) is 0 Å². The zero-order valence-corrected chi connectivity index (χ0v) is 20.5. The molecule has 8 nitrogen and oxygen atoms in total. The van der Waals surface area contributed by atoms with Crippen molar-refractivity contribution in [2.75, 3.05) is 12.4 Å². The van der Waals surface area contributed by atoms with Gasteiger partial charge in [0, 0.05) is 23.3 Å². The third-order valence-corrected chi connectivity index (χ3v) is 7.17. The Bertz CT molecular complexity index is 1640. The maximum atomic E-state index is 12.8. The highest BCUT2D eigenvalue weighted by Crippen LogP contribution is 2.35. The molecule has 0 saturated heterocycles. The number of aldehydes is 1. The number of carbonyl (C=O) groups is 1. The fraction of sp³-hybridized carbons (Fsp3) is 0.0385. The lowest BCUT2D eigenvalue weighted by atomic mass is 10.1. The maximum absolute atomic E-state index is 12.8. The molecule has 0 atom stereocenters. The number of carbonyl (C=O) groups excluding carboxylic acids is 1. The van der Waals surface area contributed by atoms with Crippen LogP contribution in [-0.2, 0) is 9.84 Å². The number of sulfone groups is 1. The zero-order valence-electron chi connectivity index (χ0n) is 18.9. The highest BCUT2D eigenvalue weighted by atomic mass is 35.5. The van der Waals surface area contributed by atoms with Crippen molar-refractivity contribution in [1.82, 2.24) is 9.97 Å². The summed E-state index contributed by atoms with van der Waals surface area (Å²) in [6.07, 6.45) is 2.30. The molecule has 5 aromatic rings. The minimum absolute atomic E-state index is 0. The summed E-state index contributed by atoms with van der Waals surface area (Å²) in [7, 11) is -2.05. The van der Waals surface area contributed by atoms with E-state index in [9.17, 15) is 13.2 Å². The van der Waals surface area contributed by atoms with Crippen molar-refractivity contribution in [2.45, 2.75) is 9.79 Å². The van der Waals surface area contributed by atoms with Crippen LogP contribution in [0.2, 0.25) is 0 Å². The van der Waals surface area contributed by atoms with E-state index in [-0.39, 0.29) is 28.0 Å². The number of furan rings is 1. The molecule has 0 unspecified atom stereocenters. The summed E-state index contributed by atoms with van der Waals surface area (Å²) < 4.78 is 36.6. The first kappa shape index (κ1) is 24.9. The summed E-state index contributed by atoms with van der Waals surface area (Å²) in [6, 6.07) is 21.6. The molecule has 2 heterocycles. The number of nitrogens with zero attached hydrogens (tertiary/aromatic N) is 2. The molecule has 0 fully saturated rings. The first-order chi connectivity index (χ1) is 17.0. The normalized spacial score (nSPS) is 11.0. The number of aromatic nitrogens is 2. The van der Waals surface area contributed by atoms with Gasteiger partial charge in [0.15, 0.2) is 12.0 Å². The van der Waals surface area contributed by atoms with Gasteiger partial charge in [0.05, 0.1) is 28.0 Å². The first-order valence-corrected chi connectivity index (χ1v) is 12.0. The van der Waals surface area contributed by atoms with Gasteiger partial charge in [-0.3, -0.25) is 4.79 Å². The predicted molar refractivity (Wildman–Crippen MR) is 138 cm³/mol. The van der Waals surface area contributed by atoms with Gasteiger partial charge in [0.2, 0.25) is 15.8 Å². The van der Waals surface area contributed by atoms with Crippen molar-refractivity contribution in [3.8, 4) is 17.1 Å². The van der Waals surface area contributed by atoms with Crippen molar-refractivity contribution in [3.63, 3.8) is 0 Å². The van der Waals surface area contributed by atoms with Crippen LogP contribution < -0.4 is 10.1 Å². The van der Waals surface area contributed by atoms with Crippen molar-refractivity contribution < 1.29 is 22.4 Å². The molecular formula is C26H20ClN3O5S. The van der Waals surface area contributed by atoms with Crippen LogP contribution in [0, 0.1) is 0 Å². The molecule has 10 heteroatoms. The lowest BCUT2D eigenvalue weighted by Crippen LogP contribution is -2.02. The Hall–Kier alpha value is -4.21. The van der Waals surface area contributed by atoms with Crippen molar-refractivity contribution in [1.29, 1.82) is 0 Å². The fourth-order valence-corrected chi connectivity index (χ4v) is 4.91. The van der Waals surface area contributed by atoms with Crippen LogP contribution in [0.15, 0.2) is 99.3 Å². The lowest BCUT2D eigenvalue weighted by Gasteiger charge is -2.10. The fourth-order valence-electron chi connectivity index (χ4n) is 3.62. The van der Waals surface area contributed by atoms with Crippen LogP contribution in [0.3, 0.4) is 0 Å². The molecule has 0 radical (unpaired) electrons. The highest BCUT2D eigenvalue weighted by molar-refractivity contribution is 7.91. The molecule has 1 N–H and O–H groups in total. The largest absolute Gasteiger partial charge is 0.496 e. The van der Waals surface area contributed by atoms with E-state index in [0.717, 1.165) is 5.39 Å². The van der Waals surface area contributed by atoms with E-state index in [2.05, 4.69) is 15.3 Å². The van der Waals surface area contributed by atoms with E-state index in [1.165, 1.54) is 12.1 Å². The molecule has 0 saturated carbocycles. The Morgan fingerprint density at radius 3 is 2.33 bits per heavy atom. The number of ether oxygens (including phenoxy) is 1. The van der Waals surface area contributed by atoms with E-state index in [1.54, 1.807) is 74.0 Å². The van der Waals surface area contributed by atoms with E-state index in [4.69, 9.17) is 9.15 Å². The Morgan fingerprint density at radius 2 is 1.67 bits per heavy atom. The first-order valence-electron chi connectivity index (χ1n) is 10.6. The highest BCUT2D eigenvalue weighted by Gasteiger charge is 2.17. The quantitative estimate of drug-likeness (QED) is 0.271. The second-order valence-electron chi connectivity index (χ2n) is 7.59. The number of benzene rings is 3. The van der Waals surface area contributed by atoms with Gasteiger partial charge in [-0.25, -0.2) is 18.4 Å². The van der Waals surface area contributed by atoms with Gasteiger partial charge < -0.3 is 14.5 Å². The number of halogens is 1. The van der Waals surface area contributed by atoms with Crippen LogP contribution in [0.4, 0.5) is 11.6 Å². The van der Waals surface area contributed by atoms with Gasteiger partial charge in [-0.15, -0.1) is 12.4 Å². The molecule has 182 valence electrons. The topological polar surface area (TPSA) is 111 Å². The monoisotopic (exact) mass is 521 g/mol. The van der Waals surface area contributed by atoms with Crippen LogP contribution >= 0.6 is 12.4 Å². The van der Waals surface area contributed by atoms with Crippen LogP contribution in [0.25, 0.3) is 22.2 Å². The molecular weight excluding hydrogens is 502 g/mol. The van der Waals surface area contributed by atoms with E-state index < -0.39 is 9.84 Å². The summed E-state index contributed by atoms with van der Waals surface area (Å²) in [5.74, 6) is 1.59. The maximum Gasteiger partial charge on any atom is 0.227 e. The number of anilines is 2. The molecule has 5 rings (SSSR count). The van der Waals surface area contributed by atoms with Crippen LogP contribution in [-0.4, -0.2) is 31.8 Å². The average Bonchev–Trinajstić information content (AvgIpc) is 3.38. The van der Waals surface area contributed by atoms with Gasteiger partial charge in [-0.1, -0.05) is 18.2 Å². The van der Waals surface area contributed by atoms with Crippen molar-refractivity contribution in [3.05, 3.63) is 90.8 Å². The van der Waals surface area contributed by atoms with Crippen molar-refractivity contribution >= 4 is 51.1 Å². The summed E-state index contributed by atoms with van der Waals surface area (Å²) in [5.41, 5.74) is 1.94. The summed E-state index contributed by atoms with van der Waals surface area (Å²) in [4.78, 5) is 20.3. The number of rotatable bonds is 7. The van der Waals surface area contributed by atoms with E-state index >= 15 is 0 Å². The molecule has 36 heavy (non-hydrogen) atoms. The Labute approximate surface area is 213 Å². The number of hydrogen-bond donors (Lipinski definition) is 1. The molecule has 0 bridgehead atoms. The SMILES string of the molecule is COc1cc2nc(Nc3ccc(S(=O)(=O)c4ccccc4)cc3)ncc2cc1-c1ccc(C=O)o1.Cl. The van der Waals surface area contributed by atoms with Gasteiger partial charge in [0.25, 0.3) is 0 Å². The smallest absolute Gasteiger partial charge is 0.227 e. The molecule has 0 aliphatic rings. The van der Waals surface area contributed by atoms with Gasteiger partial charge in [-0.05, 0) is 54.6 Å². The minimum atomic E-state index is -3.59. The molecule has 3 aromatic carbocycles. The minimum Gasteiger partial charge on any atom is -0.496 e. The lowest BCUT2D eigenvalue weighted by molar-refractivity contribution is 0.110. The zero-order chi connectivity index (χ0) is 24.4. The Kier molecular flexibility index (Phi) is 7.05. The Morgan fingerprint density at radius 1 is 0.944 bits per heavy atom. The standard InChI is InChI=1S/C26H19N3O5S.ClH/c1-33-25-14-23-17(13-22(25)24-12-9-19(16-30)34-24)15-27-26(29-23)28-18-7-10-21(11-8-18)35(31,32)20-5-3-2-4-6-20;/h2-16H,1H3,(H,27,28,29);1H. The predicted octanol–water partition coefficient (Wildman–Crippen LogP) is 5.71. The summed E-state index contributed by atoms with van der Waals surface area (Å²) >= 11 is 0. The van der Waals surface area contributed by atoms with Crippen LogP contribution in [0.5, 0.6) is 5.75 Å². The van der Waals surface area contributed by atoms with Crippen molar-refractivity contribution in [2.24, 2.45) is 0 Å². The van der Waals surface area contributed by atoms with E-state index in [1.807, 2.05) is 6.07 Å². The third kappa shape index (κ3) is 4.79. The van der Waals surface area contributed by atoms with Crippen LogP contribution in [0.1, 0.15) is 10.6 Å². The summed E-state index contributed by atoms with van der Waals surface area (Å²) in [6.45, 7) is 0. The molecule has 0 aliphatic heterocycles. The number of fused-ring (bicyclic) bond motifs is 1. The molecule has 0 spiro atoms. The second-order valence-corrected chi connectivity index (χ2v) is 9.54. The third-order valence-electron chi connectivity index (χ3n) is 5.38. The molecule has 2 aromatic heterocycles. The molecule has 0 aliphatic carbocycles. The number of nitrogens with one attached hydrogen (secondary N) is 1. The number of methoxy groups -OCH3 is 1.